The zero-order chi connectivity index (χ0) is 18.1. The van der Waals surface area contributed by atoms with Crippen molar-refractivity contribution in [2.75, 3.05) is 10.6 Å². The van der Waals surface area contributed by atoms with Gasteiger partial charge in [-0.1, -0.05) is 17.7 Å². The summed E-state index contributed by atoms with van der Waals surface area (Å²) < 4.78 is 39.2. The third-order valence-corrected chi connectivity index (χ3v) is 3.35. The van der Waals surface area contributed by atoms with Gasteiger partial charge in [-0.05, 0) is 45.4 Å². The van der Waals surface area contributed by atoms with E-state index >= 15 is 0 Å². The number of halogens is 4. The summed E-state index contributed by atoms with van der Waals surface area (Å²) in [6, 6.07) is 5.98. The van der Waals surface area contributed by atoms with E-state index in [4.69, 9.17) is 11.6 Å². The number of nitrogens with one attached hydrogen (secondary N) is 2. The highest BCUT2D eigenvalue weighted by molar-refractivity contribution is 6.31. The first-order chi connectivity index (χ1) is 10.9. The van der Waals surface area contributed by atoms with Crippen LogP contribution in [0.1, 0.15) is 32.0 Å². The molecule has 0 radical (unpaired) electrons. The maximum absolute atomic E-state index is 13.1. The molecule has 4 nitrogen and oxygen atoms in total. The van der Waals surface area contributed by atoms with E-state index in [1.807, 2.05) is 27.7 Å². The smallest absolute Gasteiger partial charge is 0.350 e. The molecule has 2 N–H and O–H groups in total. The van der Waals surface area contributed by atoms with Crippen molar-refractivity contribution in [2.45, 2.75) is 39.4 Å². The Morgan fingerprint density at radius 3 is 2.25 bits per heavy atom. The van der Waals surface area contributed by atoms with Crippen LogP contribution >= 0.6 is 11.6 Å². The van der Waals surface area contributed by atoms with Crippen molar-refractivity contribution >= 4 is 29.1 Å². The Kier molecular flexibility index (Phi) is 4.94. The minimum absolute atomic E-state index is 0.0315. The average molecular weight is 359 g/mol. The molecule has 0 atom stereocenters. The second kappa shape index (κ2) is 6.47. The fourth-order valence-corrected chi connectivity index (χ4v) is 2.05. The van der Waals surface area contributed by atoms with Crippen LogP contribution in [-0.2, 0) is 6.18 Å². The Morgan fingerprint density at radius 1 is 1.04 bits per heavy atom. The van der Waals surface area contributed by atoms with Crippen LogP contribution in [0.2, 0.25) is 5.02 Å². The molecule has 2 aromatic rings. The number of alkyl halides is 3. The quantitative estimate of drug-likeness (QED) is 0.770. The molecule has 0 spiro atoms. The minimum atomic E-state index is -4.57. The monoisotopic (exact) mass is 358 g/mol. The molecule has 2 rings (SSSR count). The lowest BCUT2D eigenvalue weighted by atomic mass is 10.1. The molecule has 0 aliphatic rings. The number of rotatable bonds is 3. The molecule has 130 valence electrons. The fraction of sp³-hybridized carbons (Fsp3) is 0.375. The summed E-state index contributed by atoms with van der Waals surface area (Å²) in [5.74, 6) is -0.0676. The van der Waals surface area contributed by atoms with Gasteiger partial charge in [-0.2, -0.15) is 18.2 Å². The van der Waals surface area contributed by atoms with Crippen molar-refractivity contribution in [1.29, 1.82) is 0 Å². The van der Waals surface area contributed by atoms with Crippen LogP contribution in [0.25, 0.3) is 0 Å². The number of aromatic nitrogens is 2. The van der Waals surface area contributed by atoms with E-state index in [1.54, 1.807) is 18.2 Å². The van der Waals surface area contributed by atoms with Crippen molar-refractivity contribution in [2.24, 2.45) is 0 Å². The van der Waals surface area contributed by atoms with Gasteiger partial charge in [0, 0.05) is 22.3 Å². The molecular weight excluding hydrogens is 341 g/mol. The molecule has 0 aliphatic heterocycles. The second-order valence-electron chi connectivity index (χ2n) is 6.42. The highest BCUT2D eigenvalue weighted by Crippen LogP contribution is 2.31. The van der Waals surface area contributed by atoms with Gasteiger partial charge in [0.2, 0.25) is 5.95 Å². The first-order valence-electron chi connectivity index (χ1n) is 7.22. The predicted octanol–water partition coefficient (Wildman–Crippen LogP) is 5.41. The molecular formula is C16H18ClF3N4. The van der Waals surface area contributed by atoms with Gasteiger partial charge in [0.05, 0.1) is 0 Å². The van der Waals surface area contributed by atoms with Crippen LogP contribution in [0.3, 0.4) is 0 Å². The maximum Gasteiger partial charge on any atom is 0.433 e. The summed E-state index contributed by atoms with van der Waals surface area (Å²) in [6.45, 7) is 7.26. The molecule has 0 unspecified atom stereocenters. The van der Waals surface area contributed by atoms with Gasteiger partial charge in [0.15, 0.2) is 5.69 Å². The summed E-state index contributed by atoms with van der Waals surface area (Å²) in [6.07, 6.45) is -4.57. The van der Waals surface area contributed by atoms with Gasteiger partial charge < -0.3 is 10.6 Å². The third kappa shape index (κ3) is 4.99. The molecule has 0 amide bonds. The van der Waals surface area contributed by atoms with Crippen LogP contribution in [0.5, 0.6) is 0 Å². The molecule has 0 fully saturated rings. The number of benzene rings is 1. The summed E-state index contributed by atoms with van der Waals surface area (Å²) in [5.41, 5.74) is -0.0886. The van der Waals surface area contributed by atoms with E-state index < -0.39 is 17.4 Å². The van der Waals surface area contributed by atoms with Crippen LogP contribution in [0.15, 0.2) is 24.3 Å². The van der Waals surface area contributed by atoms with Crippen LogP contribution in [-0.4, -0.2) is 15.5 Å². The topological polar surface area (TPSA) is 49.8 Å². The van der Waals surface area contributed by atoms with Gasteiger partial charge in [-0.15, -0.1) is 0 Å². The Hall–Kier alpha value is -2.02. The normalized spacial score (nSPS) is 12.2. The summed E-state index contributed by atoms with van der Waals surface area (Å²) in [7, 11) is 0. The van der Waals surface area contributed by atoms with Crippen molar-refractivity contribution < 1.29 is 13.2 Å². The number of anilines is 3. The van der Waals surface area contributed by atoms with Crippen LogP contribution in [0, 0.1) is 6.92 Å². The average Bonchev–Trinajstić information content (AvgIpc) is 2.40. The molecule has 24 heavy (non-hydrogen) atoms. The van der Waals surface area contributed by atoms with E-state index in [9.17, 15) is 13.2 Å². The first kappa shape index (κ1) is 18.3. The predicted molar refractivity (Wildman–Crippen MR) is 89.9 cm³/mol. The van der Waals surface area contributed by atoms with Gasteiger partial charge in [-0.25, -0.2) is 4.98 Å². The minimum Gasteiger partial charge on any atom is -0.350 e. The maximum atomic E-state index is 13.1. The molecule has 0 saturated heterocycles. The first-order valence-corrected chi connectivity index (χ1v) is 7.59. The zero-order valence-corrected chi connectivity index (χ0v) is 14.5. The molecule has 0 bridgehead atoms. The van der Waals surface area contributed by atoms with Crippen molar-refractivity contribution in [3.8, 4) is 0 Å². The lowest BCUT2D eigenvalue weighted by molar-refractivity contribution is -0.141. The van der Waals surface area contributed by atoms with E-state index in [0.717, 1.165) is 11.6 Å². The summed E-state index contributed by atoms with van der Waals surface area (Å²) >= 11 is 6.04. The molecule has 1 aromatic heterocycles. The van der Waals surface area contributed by atoms with Crippen molar-refractivity contribution in [3.05, 3.63) is 40.5 Å². The second-order valence-corrected chi connectivity index (χ2v) is 6.83. The van der Waals surface area contributed by atoms with E-state index in [0.29, 0.717) is 10.7 Å². The highest BCUT2D eigenvalue weighted by Gasteiger charge is 2.34. The van der Waals surface area contributed by atoms with Crippen molar-refractivity contribution in [1.82, 2.24) is 9.97 Å². The van der Waals surface area contributed by atoms with E-state index in [2.05, 4.69) is 20.6 Å². The molecule has 1 aromatic carbocycles. The van der Waals surface area contributed by atoms with E-state index in [1.165, 1.54) is 0 Å². The Morgan fingerprint density at radius 2 is 1.71 bits per heavy atom. The standard InChI is InChI=1S/C16H18ClF3N4/c1-9-5-6-10(7-11(9)17)21-13-8-12(16(18,19)20)22-14(23-13)24-15(2,3)4/h5-8H,1-4H3,(H2,21,22,23,24). The number of nitrogens with zero attached hydrogens (tertiary/aromatic N) is 2. The fourth-order valence-electron chi connectivity index (χ4n) is 1.87. The summed E-state index contributed by atoms with van der Waals surface area (Å²) in [5, 5.41) is 6.20. The zero-order valence-electron chi connectivity index (χ0n) is 13.7. The molecule has 1 heterocycles. The summed E-state index contributed by atoms with van der Waals surface area (Å²) in [4.78, 5) is 7.65. The lowest BCUT2D eigenvalue weighted by Crippen LogP contribution is -2.28. The Labute approximate surface area is 143 Å². The highest BCUT2D eigenvalue weighted by atomic mass is 35.5. The Balaban J connectivity index is 2.40. The molecule has 0 saturated carbocycles. The number of hydrogen-bond acceptors (Lipinski definition) is 4. The van der Waals surface area contributed by atoms with Gasteiger partial charge in [0.25, 0.3) is 0 Å². The van der Waals surface area contributed by atoms with Crippen molar-refractivity contribution in [3.63, 3.8) is 0 Å². The van der Waals surface area contributed by atoms with E-state index in [-0.39, 0.29) is 11.8 Å². The SMILES string of the molecule is Cc1ccc(Nc2cc(C(F)(F)F)nc(NC(C)(C)C)n2)cc1Cl. The van der Waals surface area contributed by atoms with Gasteiger partial charge in [-0.3, -0.25) is 0 Å². The Bertz CT molecular complexity index is 739. The van der Waals surface area contributed by atoms with Gasteiger partial charge in [0.1, 0.15) is 5.82 Å². The largest absolute Gasteiger partial charge is 0.433 e. The van der Waals surface area contributed by atoms with Crippen LogP contribution < -0.4 is 10.6 Å². The molecule has 8 heteroatoms. The number of aryl methyl sites for hydroxylation is 1. The third-order valence-electron chi connectivity index (χ3n) is 2.95. The van der Waals surface area contributed by atoms with Crippen LogP contribution in [0.4, 0.5) is 30.6 Å². The number of hydrogen-bond donors (Lipinski definition) is 2. The lowest BCUT2D eigenvalue weighted by Gasteiger charge is -2.21. The van der Waals surface area contributed by atoms with Gasteiger partial charge >= 0.3 is 6.18 Å². The molecule has 0 aliphatic carbocycles.